The maximum absolute atomic E-state index is 8.90. The largest absolute Gasteiger partial charge is 0.374 e. The molecule has 0 atom stereocenters. The van der Waals surface area contributed by atoms with E-state index < -0.39 is 0 Å². The van der Waals surface area contributed by atoms with E-state index in [2.05, 4.69) is 40.0 Å². The van der Waals surface area contributed by atoms with E-state index in [4.69, 9.17) is 5.26 Å². The Balaban J connectivity index is 2.09. The van der Waals surface area contributed by atoms with Crippen LogP contribution in [0.2, 0.25) is 0 Å². The highest BCUT2D eigenvalue weighted by Crippen LogP contribution is 2.43. The molecule has 0 spiro atoms. The van der Waals surface area contributed by atoms with Gasteiger partial charge in [-0.3, -0.25) is 0 Å². The van der Waals surface area contributed by atoms with Crippen molar-refractivity contribution in [3.63, 3.8) is 0 Å². The van der Waals surface area contributed by atoms with Gasteiger partial charge in [-0.05, 0) is 36.5 Å². The van der Waals surface area contributed by atoms with Gasteiger partial charge in [-0.15, -0.1) is 0 Å². The van der Waals surface area contributed by atoms with E-state index in [1.807, 2.05) is 18.2 Å². The molecule has 17 heavy (non-hydrogen) atoms. The Labute approximate surface area is 111 Å². The van der Waals surface area contributed by atoms with Crippen molar-refractivity contribution in [1.29, 1.82) is 5.26 Å². The molecular weight excluding hydrogens is 276 g/mol. The third kappa shape index (κ3) is 2.63. The summed E-state index contributed by atoms with van der Waals surface area (Å²) in [6.45, 7) is 1.06. The lowest BCUT2D eigenvalue weighted by atomic mass is 9.70. The van der Waals surface area contributed by atoms with Gasteiger partial charge in [0.05, 0.1) is 11.6 Å². The third-order valence-corrected chi connectivity index (χ3v) is 4.88. The average Bonchev–Trinajstić information content (AvgIpc) is 2.33. The minimum absolute atomic E-state index is 0.442. The van der Waals surface area contributed by atoms with Crippen molar-refractivity contribution in [3.8, 4) is 6.07 Å². The van der Waals surface area contributed by atoms with Crippen molar-refractivity contribution in [3.05, 3.63) is 29.8 Å². The first-order valence-corrected chi connectivity index (χ1v) is 7.08. The molecule has 0 saturated heterocycles. The van der Waals surface area contributed by atoms with Crippen molar-refractivity contribution in [2.45, 2.75) is 19.3 Å². The number of anilines is 1. The van der Waals surface area contributed by atoms with Crippen LogP contribution in [0.5, 0.6) is 0 Å². The van der Waals surface area contributed by atoms with Gasteiger partial charge in [-0.2, -0.15) is 5.26 Å². The summed E-state index contributed by atoms with van der Waals surface area (Å²) < 4.78 is 0. The van der Waals surface area contributed by atoms with Crippen LogP contribution in [0.3, 0.4) is 0 Å². The summed E-state index contributed by atoms with van der Waals surface area (Å²) in [4.78, 5) is 2.27. The molecule has 2 rings (SSSR count). The van der Waals surface area contributed by atoms with Crippen molar-refractivity contribution in [1.82, 2.24) is 0 Å². The Bertz CT molecular complexity index is 427. The standard InChI is InChI=1S/C14H17BrN2/c1-17(11-14(10-15)6-3-7-14)13-5-2-4-12(8-13)9-16/h2,4-5,8H,3,6-7,10-11H2,1H3. The van der Waals surface area contributed by atoms with Gasteiger partial charge >= 0.3 is 0 Å². The van der Waals surface area contributed by atoms with Gasteiger partial charge in [-0.1, -0.05) is 28.4 Å². The van der Waals surface area contributed by atoms with E-state index in [0.29, 0.717) is 5.41 Å². The summed E-state index contributed by atoms with van der Waals surface area (Å²) in [5, 5.41) is 9.98. The highest BCUT2D eigenvalue weighted by molar-refractivity contribution is 9.09. The Morgan fingerprint density at radius 3 is 2.76 bits per heavy atom. The summed E-state index contributed by atoms with van der Waals surface area (Å²) >= 11 is 3.63. The molecular formula is C14H17BrN2. The predicted molar refractivity (Wildman–Crippen MR) is 74.5 cm³/mol. The van der Waals surface area contributed by atoms with E-state index in [1.165, 1.54) is 19.3 Å². The van der Waals surface area contributed by atoms with Gasteiger partial charge in [0.1, 0.15) is 0 Å². The molecule has 0 N–H and O–H groups in total. The van der Waals surface area contributed by atoms with E-state index in [1.54, 1.807) is 0 Å². The minimum Gasteiger partial charge on any atom is -0.374 e. The van der Waals surface area contributed by atoms with Crippen LogP contribution in [0.1, 0.15) is 24.8 Å². The van der Waals surface area contributed by atoms with Crippen LogP contribution in [-0.2, 0) is 0 Å². The zero-order chi connectivity index (χ0) is 12.3. The first-order chi connectivity index (χ1) is 8.19. The summed E-state index contributed by atoms with van der Waals surface area (Å²) in [5.74, 6) is 0. The smallest absolute Gasteiger partial charge is 0.0992 e. The van der Waals surface area contributed by atoms with Crippen LogP contribution in [0, 0.1) is 16.7 Å². The number of benzene rings is 1. The molecule has 0 radical (unpaired) electrons. The van der Waals surface area contributed by atoms with Gasteiger partial charge in [-0.25, -0.2) is 0 Å². The van der Waals surface area contributed by atoms with Crippen LogP contribution in [0.4, 0.5) is 5.69 Å². The fraction of sp³-hybridized carbons (Fsp3) is 0.500. The molecule has 2 nitrogen and oxygen atoms in total. The number of nitriles is 1. The second-order valence-electron chi connectivity index (χ2n) is 5.01. The fourth-order valence-corrected chi connectivity index (χ4v) is 3.16. The van der Waals surface area contributed by atoms with Crippen LogP contribution < -0.4 is 4.90 Å². The van der Waals surface area contributed by atoms with E-state index >= 15 is 0 Å². The Kier molecular flexibility index (Phi) is 3.73. The number of hydrogen-bond acceptors (Lipinski definition) is 2. The zero-order valence-corrected chi connectivity index (χ0v) is 11.7. The van der Waals surface area contributed by atoms with Gasteiger partial charge in [0.25, 0.3) is 0 Å². The molecule has 0 aromatic heterocycles. The van der Waals surface area contributed by atoms with E-state index in [-0.39, 0.29) is 0 Å². The van der Waals surface area contributed by atoms with Crippen molar-refractivity contribution >= 4 is 21.6 Å². The fourth-order valence-electron chi connectivity index (χ4n) is 2.42. The maximum atomic E-state index is 8.90. The highest BCUT2D eigenvalue weighted by atomic mass is 79.9. The molecule has 0 unspecified atom stereocenters. The van der Waals surface area contributed by atoms with Crippen molar-refractivity contribution in [2.24, 2.45) is 5.41 Å². The van der Waals surface area contributed by atoms with Gasteiger partial charge in [0, 0.05) is 24.6 Å². The Morgan fingerprint density at radius 2 is 2.24 bits per heavy atom. The van der Waals surface area contributed by atoms with Crippen molar-refractivity contribution < 1.29 is 0 Å². The Hall–Kier alpha value is -1.01. The summed E-state index contributed by atoms with van der Waals surface area (Å²) in [7, 11) is 2.11. The SMILES string of the molecule is CN(CC1(CBr)CCC1)c1cccc(C#N)c1. The molecule has 0 amide bonds. The number of halogens is 1. The number of alkyl halides is 1. The van der Waals surface area contributed by atoms with E-state index in [0.717, 1.165) is 23.1 Å². The molecule has 90 valence electrons. The van der Waals surface area contributed by atoms with Crippen LogP contribution in [0.25, 0.3) is 0 Å². The van der Waals surface area contributed by atoms with Crippen LogP contribution >= 0.6 is 15.9 Å². The molecule has 1 saturated carbocycles. The monoisotopic (exact) mass is 292 g/mol. The molecule has 1 aliphatic carbocycles. The molecule has 3 heteroatoms. The Morgan fingerprint density at radius 1 is 1.47 bits per heavy atom. The third-order valence-electron chi connectivity index (χ3n) is 3.69. The molecule has 1 fully saturated rings. The number of nitrogens with zero attached hydrogens (tertiary/aromatic N) is 2. The minimum atomic E-state index is 0.442. The summed E-state index contributed by atoms with van der Waals surface area (Å²) in [5.41, 5.74) is 2.31. The summed E-state index contributed by atoms with van der Waals surface area (Å²) in [6, 6.07) is 10.0. The van der Waals surface area contributed by atoms with Crippen molar-refractivity contribution in [2.75, 3.05) is 23.8 Å². The van der Waals surface area contributed by atoms with Gasteiger partial charge in [0.15, 0.2) is 0 Å². The maximum Gasteiger partial charge on any atom is 0.0992 e. The van der Waals surface area contributed by atoms with Gasteiger partial charge in [0.2, 0.25) is 0 Å². The quantitative estimate of drug-likeness (QED) is 0.794. The molecule has 0 aliphatic heterocycles. The van der Waals surface area contributed by atoms with E-state index in [9.17, 15) is 0 Å². The second kappa shape index (κ2) is 5.10. The summed E-state index contributed by atoms with van der Waals surface area (Å²) in [6.07, 6.45) is 3.96. The van der Waals surface area contributed by atoms with Crippen LogP contribution in [-0.4, -0.2) is 18.9 Å². The lowest BCUT2D eigenvalue weighted by molar-refractivity contribution is 0.179. The molecule has 1 aromatic carbocycles. The number of hydrogen-bond donors (Lipinski definition) is 0. The molecule has 1 aromatic rings. The normalized spacial score (nSPS) is 17.0. The van der Waals surface area contributed by atoms with Gasteiger partial charge < -0.3 is 4.90 Å². The molecule has 0 bridgehead atoms. The predicted octanol–water partition coefficient (Wildman–Crippen LogP) is 3.56. The molecule has 0 heterocycles. The second-order valence-corrected chi connectivity index (χ2v) is 5.57. The van der Waals surface area contributed by atoms with Crippen LogP contribution in [0.15, 0.2) is 24.3 Å². The lowest BCUT2D eigenvalue weighted by Gasteiger charge is -2.43. The number of rotatable bonds is 4. The average molecular weight is 293 g/mol. The lowest BCUT2D eigenvalue weighted by Crippen LogP contribution is -2.42. The first kappa shape index (κ1) is 12.4. The molecule has 1 aliphatic rings. The topological polar surface area (TPSA) is 27.0 Å². The zero-order valence-electron chi connectivity index (χ0n) is 10.1. The highest BCUT2D eigenvalue weighted by Gasteiger charge is 2.36. The first-order valence-electron chi connectivity index (χ1n) is 5.96.